The predicted octanol–water partition coefficient (Wildman–Crippen LogP) is 2.71. The summed E-state index contributed by atoms with van der Waals surface area (Å²) < 4.78 is 10.4. The summed E-state index contributed by atoms with van der Waals surface area (Å²) in [5.74, 6) is 1.64. The number of hydrogen-bond donors (Lipinski definition) is 3. The molecule has 0 saturated heterocycles. The van der Waals surface area contributed by atoms with Gasteiger partial charge in [0.25, 0.3) is 0 Å². The number of alkyl carbamates (subject to hydrolysis) is 1. The summed E-state index contributed by atoms with van der Waals surface area (Å²) in [5.41, 5.74) is 0.729. The molecule has 0 atom stereocenters. The van der Waals surface area contributed by atoms with E-state index in [4.69, 9.17) is 9.47 Å². The third kappa shape index (κ3) is 11.0. The molecular formula is C20H34N4O3. The number of benzene rings is 1. The van der Waals surface area contributed by atoms with Gasteiger partial charge in [-0.25, -0.2) is 4.79 Å². The zero-order valence-electron chi connectivity index (χ0n) is 17.2. The number of nitrogens with one attached hydrogen (secondary N) is 3. The van der Waals surface area contributed by atoms with Crippen molar-refractivity contribution in [1.29, 1.82) is 0 Å². The predicted molar refractivity (Wildman–Crippen MR) is 110 cm³/mol. The van der Waals surface area contributed by atoms with Gasteiger partial charge in [-0.1, -0.05) is 12.1 Å². The molecule has 1 aromatic carbocycles. The highest BCUT2D eigenvalue weighted by Gasteiger charge is 2.15. The van der Waals surface area contributed by atoms with E-state index >= 15 is 0 Å². The van der Waals surface area contributed by atoms with Gasteiger partial charge < -0.3 is 25.4 Å². The largest absolute Gasteiger partial charge is 0.497 e. The molecule has 0 bridgehead atoms. The minimum absolute atomic E-state index is 0.394. The SMILES string of the molecule is CCNC(=NCCCNC(=O)OC(C)(C)C)NCCc1cccc(OC)c1. The van der Waals surface area contributed by atoms with Crippen LogP contribution in [0.5, 0.6) is 5.75 Å². The van der Waals surface area contributed by atoms with Crippen molar-refractivity contribution < 1.29 is 14.3 Å². The molecule has 0 heterocycles. The highest BCUT2D eigenvalue weighted by molar-refractivity contribution is 5.79. The lowest BCUT2D eigenvalue weighted by Crippen LogP contribution is -2.38. The molecule has 0 saturated carbocycles. The molecule has 7 nitrogen and oxygen atoms in total. The molecule has 1 rings (SSSR count). The monoisotopic (exact) mass is 378 g/mol. The Hall–Kier alpha value is -2.44. The van der Waals surface area contributed by atoms with Gasteiger partial charge >= 0.3 is 6.09 Å². The van der Waals surface area contributed by atoms with Crippen molar-refractivity contribution >= 4 is 12.1 Å². The first-order valence-corrected chi connectivity index (χ1v) is 9.46. The standard InChI is InChI=1S/C20H34N4O3/c1-6-21-18(22-12-8-13-24-19(25)27-20(2,3)4)23-14-11-16-9-7-10-17(15-16)26-5/h7,9-10,15H,6,8,11-14H2,1-5H3,(H,24,25)(H2,21,22,23). The lowest BCUT2D eigenvalue weighted by Gasteiger charge is -2.19. The van der Waals surface area contributed by atoms with Crippen molar-refractivity contribution in [3.05, 3.63) is 29.8 Å². The van der Waals surface area contributed by atoms with E-state index in [0.29, 0.717) is 13.1 Å². The Labute approximate surface area is 162 Å². The molecule has 7 heteroatoms. The zero-order valence-corrected chi connectivity index (χ0v) is 17.2. The summed E-state index contributed by atoms with van der Waals surface area (Å²) in [4.78, 5) is 16.1. The molecule has 3 N–H and O–H groups in total. The second-order valence-corrected chi connectivity index (χ2v) is 7.07. The van der Waals surface area contributed by atoms with Gasteiger partial charge in [0, 0.05) is 26.2 Å². The van der Waals surface area contributed by atoms with Crippen LogP contribution in [-0.2, 0) is 11.2 Å². The lowest BCUT2D eigenvalue weighted by atomic mass is 10.1. The summed E-state index contributed by atoms with van der Waals surface area (Å²) in [5, 5.41) is 9.29. The highest BCUT2D eigenvalue weighted by Crippen LogP contribution is 2.12. The Bertz CT molecular complexity index is 597. The number of aliphatic imine (C=N–C) groups is 1. The molecule has 1 aromatic rings. The van der Waals surface area contributed by atoms with Crippen molar-refractivity contribution in [3.63, 3.8) is 0 Å². The lowest BCUT2D eigenvalue weighted by molar-refractivity contribution is 0.0527. The van der Waals surface area contributed by atoms with E-state index in [1.54, 1.807) is 7.11 Å². The third-order valence-electron chi connectivity index (χ3n) is 3.46. The van der Waals surface area contributed by atoms with Crippen LogP contribution in [-0.4, -0.2) is 50.9 Å². The van der Waals surface area contributed by atoms with Crippen LogP contribution in [0.25, 0.3) is 0 Å². The van der Waals surface area contributed by atoms with E-state index in [1.807, 2.05) is 45.9 Å². The Morgan fingerprint density at radius 2 is 1.93 bits per heavy atom. The molecule has 0 aromatic heterocycles. The van der Waals surface area contributed by atoms with Crippen LogP contribution in [0.3, 0.4) is 0 Å². The molecular weight excluding hydrogens is 344 g/mol. The quantitative estimate of drug-likeness (QED) is 0.350. The minimum Gasteiger partial charge on any atom is -0.497 e. The van der Waals surface area contributed by atoms with E-state index in [0.717, 1.165) is 37.6 Å². The zero-order chi connectivity index (χ0) is 20.1. The number of carbonyl (C=O) groups is 1. The molecule has 0 spiro atoms. The maximum Gasteiger partial charge on any atom is 0.407 e. The summed E-state index contributed by atoms with van der Waals surface area (Å²) >= 11 is 0. The van der Waals surface area contributed by atoms with Crippen LogP contribution in [0.2, 0.25) is 0 Å². The van der Waals surface area contributed by atoms with Crippen molar-refractivity contribution in [2.75, 3.05) is 33.3 Å². The molecule has 0 radical (unpaired) electrons. The van der Waals surface area contributed by atoms with Gasteiger partial charge in [-0.3, -0.25) is 4.99 Å². The first kappa shape index (κ1) is 22.6. The second-order valence-electron chi connectivity index (χ2n) is 7.07. The van der Waals surface area contributed by atoms with Crippen molar-refractivity contribution in [3.8, 4) is 5.75 Å². The first-order valence-electron chi connectivity index (χ1n) is 9.46. The number of hydrogen-bond acceptors (Lipinski definition) is 4. The number of amides is 1. The van der Waals surface area contributed by atoms with Crippen molar-refractivity contribution in [1.82, 2.24) is 16.0 Å². The van der Waals surface area contributed by atoms with Crippen LogP contribution in [0.4, 0.5) is 4.79 Å². The van der Waals surface area contributed by atoms with Crippen LogP contribution < -0.4 is 20.7 Å². The fraction of sp³-hybridized carbons (Fsp3) is 0.600. The number of guanidine groups is 1. The third-order valence-corrected chi connectivity index (χ3v) is 3.46. The number of ether oxygens (including phenoxy) is 2. The summed E-state index contributed by atoms with van der Waals surface area (Å²) in [6.45, 7) is 10.3. The Morgan fingerprint density at radius 1 is 1.15 bits per heavy atom. The molecule has 1 amide bonds. The maximum absolute atomic E-state index is 11.6. The summed E-state index contributed by atoms with van der Waals surface area (Å²) in [6.07, 6.45) is 1.22. The fourth-order valence-electron chi connectivity index (χ4n) is 2.27. The van der Waals surface area contributed by atoms with Crippen molar-refractivity contribution in [2.24, 2.45) is 4.99 Å². The van der Waals surface area contributed by atoms with Crippen LogP contribution in [0.15, 0.2) is 29.3 Å². The van der Waals surface area contributed by atoms with Crippen LogP contribution in [0.1, 0.15) is 39.7 Å². The van der Waals surface area contributed by atoms with E-state index in [2.05, 4.69) is 27.0 Å². The van der Waals surface area contributed by atoms with E-state index < -0.39 is 11.7 Å². The number of nitrogens with zero attached hydrogens (tertiary/aromatic N) is 1. The molecule has 27 heavy (non-hydrogen) atoms. The van der Waals surface area contributed by atoms with Gasteiger partial charge in [0.15, 0.2) is 5.96 Å². The van der Waals surface area contributed by atoms with E-state index in [1.165, 1.54) is 5.56 Å². The van der Waals surface area contributed by atoms with Gasteiger partial charge in [0.1, 0.15) is 11.4 Å². The number of methoxy groups -OCH3 is 1. The average molecular weight is 379 g/mol. The number of carbonyl (C=O) groups excluding carboxylic acids is 1. The molecule has 0 aliphatic rings. The molecule has 0 fully saturated rings. The maximum atomic E-state index is 11.6. The topological polar surface area (TPSA) is 84.0 Å². The molecule has 152 valence electrons. The second kappa shape index (κ2) is 12.0. The van der Waals surface area contributed by atoms with Gasteiger partial charge in [-0.2, -0.15) is 0 Å². The van der Waals surface area contributed by atoms with Gasteiger partial charge in [-0.15, -0.1) is 0 Å². The van der Waals surface area contributed by atoms with Gasteiger partial charge in [0.05, 0.1) is 7.11 Å². The van der Waals surface area contributed by atoms with E-state index in [9.17, 15) is 4.79 Å². The normalized spacial score (nSPS) is 11.7. The highest BCUT2D eigenvalue weighted by atomic mass is 16.6. The summed E-state index contributed by atoms with van der Waals surface area (Å²) in [7, 11) is 1.67. The smallest absolute Gasteiger partial charge is 0.407 e. The average Bonchev–Trinajstić information content (AvgIpc) is 2.60. The Kier molecular flexibility index (Phi) is 10.1. The number of rotatable bonds is 9. The van der Waals surface area contributed by atoms with Crippen LogP contribution in [0, 0.1) is 0 Å². The van der Waals surface area contributed by atoms with Gasteiger partial charge in [0.2, 0.25) is 0 Å². The minimum atomic E-state index is -0.479. The Morgan fingerprint density at radius 3 is 2.59 bits per heavy atom. The van der Waals surface area contributed by atoms with Gasteiger partial charge in [-0.05, 0) is 58.2 Å². The molecule has 0 aliphatic carbocycles. The van der Waals surface area contributed by atoms with E-state index in [-0.39, 0.29) is 0 Å². The van der Waals surface area contributed by atoms with Crippen LogP contribution >= 0.6 is 0 Å². The fourth-order valence-corrected chi connectivity index (χ4v) is 2.27. The van der Waals surface area contributed by atoms with Crippen molar-refractivity contribution in [2.45, 2.75) is 46.1 Å². The summed E-state index contributed by atoms with van der Waals surface area (Å²) in [6, 6.07) is 8.05. The Balaban J connectivity index is 2.32. The molecule has 0 unspecified atom stereocenters. The molecule has 0 aliphatic heterocycles. The first-order chi connectivity index (χ1) is 12.8.